The van der Waals surface area contributed by atoms with Crippen LogP contribution in [0.5, 0.6) is 0 Å². The van der Waals surface area contributed by atoms with Crippen molar-refractivity contribution < 1.29 is 0 Å². The normalized spacial score (nSPS) is 5.42. The summed E-state index contributed by atoms with van der Waals surface area (Å²) in [5, 5.41) is 8.28. The van der Waals surface area contributed by atoms with Gasteiger partial charge >= 0.3 is 0 Å². The number of nitrogens with one attached hydrogen (secondary N) is 2. The Hall–Kier alpha value is -0.550. The molecule has 0 rings (SSSR count). The quantitative estimate of drug-likeness (QED) is 0.386. The Balaban J connectivity index is -0.000000118. The van der Waals surface area contributed by atoms with E-state index in [2.05, 4.69) is 51.0 Å². The number of aliphatic imine (C=N–C) groups is 1. The summed E-state index contributed by atoms with van der Waals surface area (Å²) in [4.78, 5) is 3.30. The molecular weight excluding hydrogens is 192 g/mol. The molecule has 0 saturated heterocycles. The maximum Gasteiger partial charge on any atom is 0.165 e. The minimum absolute atomic E-state index is 0.676. The average Bonchev–Trinajstić information content (AvgIpc) is 2.20. The Morgan fingerprint density at radius 2 is 1.58 bits per heavy atom. The standard InChI is InChI=1S/C3H8N2S.C2H3NS.CH5N/c1-4-3(6)5-2;1-3-2-4;1-2/h1-2H3,(H2,4,5,6);1H3;2H2,1H3. The molecule has 0 fully saturated rings. The molecule has 0 aromatic heterocycles. The van der Waals surface area contributed by atoms with Crippen molar-refractivity contribution in [2.45, 2.75) is 0 Å². The van der Waals surface area contributed by atoms with Crippen molar-refractivity contribution in [1.29, 1.82) is 0 Å². The average molecular weight is 208 g/mol. The predicted molar refractivity (Wildman–Crippen MR) is 61.8 cm³/mol. The number of hydrogen-bond acceptors (Lipinski definition) is 4. The summed E-state index contributed by atoms with van der Waals surface area (Å²) in [5.74, 6) is 0. The van der Waals surface area contributed by atoms with Gasteiger partial charge in [-0.1, -0.05) is 0 Å². The first-order valence-corrected chi connectivity index (χ1v) is 3.97. The van der Waals surface area contributed by atoms with Crippen molar-refractivity contribution in [3.05, 3.63) is 0 Å². The molecule has 0 amide bonds. The van der Waals surface area contributed by atoms with Crippen LogP contribution in [0.15, 0.2) is 4.99 Å². The fourth-order valence-electron chi connectivity index (χ4n) is 0.125. The van der Waals surface area contributed by atoms with Gasteiger partial charge in [0.25, 0.3) is 0 Å². The van der Waals surface area contributed by atoms with Crippen molar-refractivity contribution in [3.8, 4) is 0 Å². The molecule has 0 aliphatic heterocycles. The molecule has 0 unspecified atom stereocenters. The minimum atomic E-state index is 0.676. The second kappa shape index (κ2) is 22.4. The lowest BCUT2D eigenvalue weighted by atomic mass is 11.0. The molecule has 0 aromatic rings. The Kier molecular flexibility index (Phi) is 32.7. The molecule has 0 aromatic carbocycles. The Morgan fingerprint density at radius 3 is 1.58 bits per heavy atom. The first kappa shape index (κ1) is 17.5. The Bertz CT molecular complexity index is 126. The molecule has 0 aliphatic rings. The summed E-state index contributed by atoms with van der Waals surface area (Å²) in [7, 11) is 6.64. The van der Waals surface area contributed by atoms with Gasteiger partial charge in [-0.3, -0.25) is 0 Å². The molecule has 6 heteroatoms. The number of nitrogens with zero attached hydrogens (tertiary/aromatic N) is 1. The van der Waals surface area contributed by atoms with Crippen LogP contribution >= 0.6 is 24.4 Å². The maximum atomic E-state index is 4.63. The summed E-state index contributed by atoms with van der Waals surface area (Å²) >= 11 is 8.77. The van der Waals surface area contributed by atoms with Gasteiger partial charge in [0.05, 0.1) is 5.16 Å². The van der Waals surface area contributed by atoms with Crippen LogP contribution in [0.2, 0.25) is 0 Å². The van der Waals surface area contributed by atoms with Crippen LogP contribution in [0.1, 0.15) is 0 Å². The summed E-state index contributed by atoms with van der Waals surface area (Å²) in [6.45, 7) is 0. The van der Waals surface area contributed by atoms with Crippen molar-refractivity contribution in [2.75, 3.05) is 28.2 Å². The highest BCUT2D eigenvalue weighted by molar-refractivity contribution is 7.80. The predicted octanol–water partition coefficient (Wildman–Crippen LogP) is 0.00400. The van der Waals surface area contributed by atoms with Crippen LogP contribution in [0.3, 0.4) is 0 Å². The number of hydrogen-bond donors (Lipinski definition) is 3. The van der Waals surface area contributed by atoms with Crippen molar-refractivity contribution >= 4 is 34.7 Å². The molecule has 0 radical (unpaired) electrons. The maximum absolute atomic E-state index is 4.63. The highest BCUT2D eigenvalue weighted by Crippen LogP contribution is 1.52. The Labute approximate surface area is 84.6 Å². The van der Waals surface area contributed by atoms with E-state index in [1.54, 1.807) is 21.1 Å². The van der Waals surface area contributed by atoms with E-state index in [0.717, 1.165) is 0 Å². The van der Waals surface area contributed by atoms with E-state index in [0.29, 0.717) is 5.11 Å². The van der Waals surface area contributed by atoms with Gasteiger partial charge in [0.15, 0.2) is 5.11 Å². The van der Waals surface area contributed by atoms with Crippen LogP contribution in [-0.2, 0) is 0 Å². The minimum Gasteiger partial charge on any atom is -0.366 e. The molecule has 0 bridgehead atoms. The molecule has 0 aliphatic carbocycles. The SMILES string of the molecule is CN.CN=C=S.CNC(=S)NC. The smallest absolute Gasteiger partial charge is 0.165 e. The lowest BCUT2D eigenvalue weighted by Gasteiger charge is -1.95. The van der Waals surface area contributed by atoms with Gasteiger partial charge in [-0.25, -0.2) is 4.99 Å². The van der Waals surface area contributed by atoms with Gasteiger partial charge < -0.3 is 16.4 Å². The zero-order chi connectivity index (χ0) is 10.4. The van der Waals surface area contributed by atoms with E-state index >= 15 is 0 Å². The van der Waals surface area contributed by atoms with Gasteiger partial charge in [0.1, 0.15) is 0 Å². The van der Waals surface area contributed by atoms with Gasteiger partial charge in [-0.05, 0) is 31.5 Å². The highest BCUT2D eigenvalue weighted by atomic mass is 32.1. The van der Waals surface area contributed by atoms with Gasteiger partial charge in [0.2, 0.25) is 0 Å². The lowest BCUT2D eigenvalue weighted by molar-refractivity contribution is 1.06. The van der Waals surface area contributed by atoms with Gasteiger partial charge in [-0.2, -0.15) is 0 Å². The number of rotatable bonds is 0. The second-order valence-electron chi connectivity index (χ2n) is 1.14. The monoisotopic (exact) mass is 208 g/mol. The number of thiocarbonyl (C=S) groups is 2. The van der Waals surface area contributed by atoms with E-state index in [1.807, 2.05) is 0 Å². The molecule has 0 atom stereocenters. The summed E-state index contributed by atoms with van der Waals surface area (Å²) in [6, 6.07) is 0. The third-order valence-electron chi connectivity index (χ3n) is 0.545. The summed E-state index contributed by atoms with van der Waals surface area (Å²) in [5.41, 5.74) is 4.50. The van der Waals surface area contributed by atoms with E-state index in [4.69, 9.17) is 0 Å². The van der Waals surface area contributed by atoms with E-state index < -0.39 is 0 Å². The molecule has 72 valence electrons. The fraction of sp³-hybridized carbons (Fsp3) is 0.667. The number of nitrogens with two attached hydrogens (primary N) is 1. The number of isothiocyanates is 1. The van der Waals surface area contributed by atoms with E-state index in [1.165, 1.54) is 7.05 Å². The van der Waals surface area contributed by atoms with E-state index in [-0.39, 0.29) is 0 Å². The van der Waals surface area contributed by atoms with Gasteiger partial charge in [0, 0.05) is 21.1 Å². The lowest BCUT2D eigenvalue weighted by Crippen LogP contribution is -2.28. The molecule has 4 nitrogen and oxygen atoms in total. The Morgan fingerprint density at radius 1 is 1.33 bits per heavy atom. The van der Waals surface area contributed by atoms with E-state index in [9.17, 15) is 0 Å². The second-order valence-corrected chi connectivity index (χ2v) is 1.73. The van der Waals surface area contributed by atoms with Crippen LogP contribution in [0, 0.1) is 0 Å². The molecule has 0 heterocycles. The van der Waals surface area contributed by atoms with Crippen LogP contribution in [0.25, 0.3) is 0 Å². The molecule has 0 spiro atoms. The first-order valence-electron chi connectivity index (χ1n) is 3.16. The summed E-state index contributed by atoms with van der Waals surface area (Å²) < 4.78 is 0. The molecule has 12 heavy (non-hydrogen) atoms. The van der Waals surface area contributed by atoms with Crippen molar-refractivity contribution in [1.82, 2.24) is 10.6 Å². The zero-order valence-electron chi connectivity index (χ0n) is 7.84. The molecular formula is C6H16N4S2. The fourth-order valence-corrected chi connectivity index (χ4v) is 0.125. The molecule has 0 saturated carbocycles. The zero-order valence-corrected chi connectivity index (χ0v) is 9.47. The van der Waals surface area contributed by atoms with Crippen LogP contribution in [-0.4, -0.2) is 38.5 Å². The topological polar surface area (TPSA) is 62.4 Å². The third-order valence-corrected chi connectivity index (χ3v) is 1.14. The van der Waals surface area contributed by atoms with Crippen molar-refractivity contribution in [3.63, 3.8) is 0 Å². The van der Waals surface area contributed by atoms with Crippen molar-refractivity contribution in [2.24, 2.45) is 10.7 Å². The largest absolute Gasteiger partial charge is 0.366 e. The molecule has 4 N–H and O–H groups in total. The first-order chi connectivity index (χ1) is 5.72. The summed E-state index contributed by atoms with van der Waals surface area (Å²) in [6.07, 6.45) is 0. The highest BCUT2D eigenvalue weighted by Gasteiger charge is 1.75. The third kappa shape index (κ3) is 34.1. The van der Waals surface area contributed by atoms with Crippen LogP contribution in [0.4, 0.5) is 0 Å². The van der Waals surface area contributed by atoms with Gasteiger partial charge in [-0.15, -0.1) is 0 Å². The van der Waals surface area contributed by atoms with Crippen LogP contribution < -0.4 is 16.4 Å².